The van der Waals surface area contributed by atoms with Crippen molar-refractivity contribution >= 4 is 15.9 Å². The average molecular weight is 313 g/mol. The Kier molecular flexibility index (Phi) is 5.83. The number of aryl methyl sites for hydroxylation is 1. The van der Waals surface area contributed by atoms with Crippen molar-refractivity contribution in [3.8, 4) is 6.07 Å². The fourth-order valence-electron chi connectivity index (χ4n) is 2.07. The summed E-state index contributed by atoms with van der Waals surface area (Å²) in [5.41, 5.74) is -0.404. The van der Waals surface area contributed by atoms with Gasteiger partial charge in [0.25, 0.3) is 0 Å². The molecule has 1 N–H and O–H groups in total. The van der Waals surface area contributed by atoms with E-state index in [4.69, 9.17) is 0 Å². The van der Waals surface area contributed by atoms with Crippen molar-refractivity contribution in [1.29, 1.82) is 5.26 Å². The summed E-state index contributed by atoms with van der Waals surface area (Å²) in [4.78, 5) is 0. The minimum Gasteiger partial charge on any atom is -0.297 e. The van der Waals surface area contributed by atoms with Crippen LogP contribution >= 0.6 is 15.9 Å². The Morgan fingerprint density at radius 3 is 2.78 bits per heavy atom. The summed E-state index contributed by atoms with van der Waals surface area (Å²) in [5.74, 6) is 0. The summed E-state index contributed by atoms with van der Waals surface area (Å²) in [6, 6.07) is 2.76. The number of nitriles is 1. The molecule has 0 aromatic carbocycles. The summed E-state index contributed by atoms with van der Waals surface area (Å²) >= 11 is 3.38. The molecule has 0 saturated heterocycles. The predicted molar refractivity (Wildman–Crippen MR) is 76.1 cm³/mol. The molecule has 0 aliphatic heterocycles. The normalized spacial score (nSPS) is 14.4. The third-order valence-corrected chi connectivity index (χ3v) is 3.38. The van der Waals surface area contributed by atoms with Gasteiger partial charge in [-0.2, -0.15) is 10.4 Å². The van der Waals surface area contributed by atoms with Gasteiger partial charge >= 0.3 is 0 Å². The molecule has 0 bridgehead atoms. The van der Waals surface area contributed by atoms with Crippen molar-refractivity contribution in [3.63, 3.8) is 0 Å². The standard InChI is InChI=1S/C13H21BrN4/c1-4-13(10-15,17-11(2)3)6-5-7-18-9-12(14)8-16-18/h8-9,11,17H,4-7H2,1-3H3. The second-order valence-corrected chi connectivity index (χ2v) is 5.79. The number of nitrogens with zero attached hydrogens (tertiary/aromatic N) is 3. The largest absolute Gasteiger partial charge is 0.297 e. The average Bonchev–Trinajstić information content (AvgIpc) is 2.73. The number of hydrogen-bond donors (Lipinski definition) is 1. The van der Waals surface area contributed by atoms with Gasteiger partial charge in [-0.3, -0.25) is 10.00 Å². The van der Waals surface area contributed by atoms with Gasteiger partial charge in [-0.25, -0.2) is 0 Å². The molecule has 1 unspecified atom stereocenters. The highest BCUT2D eigenvalue weighted by atomic mass is 79.9. The second-order valence-electron chi connectivity index (χ2n) is 4.87. The van der Waals surface area contributed by atoms with E-state index in [-0.39, 0.29) is 0 Å². The highest BCUT2D eigenvalue weighted by Gasteiger charge is 2.27. The first kappa shape index (κ1) is 15.2. The molecule has 1 rings (SSSR count). The summed E-state index contributed by atoms with van der Waals surface area (Å²) in [6.45, 7) is 7.05. The Balaban J connectivity index is 2.50. The minimum atomic E-state index is -0.404. The quantitative estimate of drug-likeness (QED) is 0.841. The number of nitrogens with one attached hydrogen (secondary N) is 1. The van der Waals surface area contributed by atoms with Gasteiger partial charge in [0.2, 0.25) is 0 Å². The lowest BCUT2D eigenvalue weighted by Gasteiger charge is -2.29. The Morgan fingerprint density at radius 1 is 1.61 bits per heavy atom. The third kappa shape index (κ3) is 4.43. The van der Waals surface area contributed by atoms with Crippen LogP contribution in [0, 0.1) is 11.3 Å². The zero-order valence-corrected chi connectivity index (χ0v) is 12.9. The van der Waals surface area contributed by atoms with E-state index in [1.165, 1.54) is 0 Å². The second kappa shape index (κ2) is 6.91. The zero-order chi connectivity index (χ0) is 13.6. The smallest absolute Gasteiger partial charge is 0.106 e. The molecule has 0 fully saturated rings. The molecule has 0 radical (unpaired) electrons. The Bertz CT molecular complexity index is 407. The Hall–Kier alpha value is -0.860. The lowest BCUT2D eigenvalue weighted by molar-refractivity contribution is 0.326. The molecule has 18 heavy (non-hydrogen) atoms. The molecule has 4 nitrogen and oxygen atoms in total. The van der Waals surface area contributed by atoms with Crippen molar-refractivity contribution in [1.82, 2.24) is 15.1 Å². The Labute approximate surface area is 117 Å². The topological polar surface area (TPSA) is 53.6 Å². The number of halogens is 1. The summed E-state index contributed by atoms with van der Waals surface area (Å²) in [6.07, 6.45) is 6.34. The molecule has 0 spiro atoms. The molecule has 0 aliphatic rings. The maximum absolute atomic E-state index is 9.38. The van der Waals surface area contributed by atoms with Gasteiger partial charge < -0.3 is 0 Å². The van der Waals surface area contributed by atoms with E-state index in [9.17, 15) is 5.26 Å². The summed E-state index contributed by atoms with van der Waals surface area (Å²) in [7, 11) is 0. The van der Waals surface area contributed by atoms with Crippen LogP contribution in [0.4, 0.5) is 0 Å². The highest BCUT2D eigenvalue weighted by molar-refractivity contribution is 9.10. The third-order valence-electron chi connectivity index (χ3n) is 2.98. The highest BCUT2D eigenvalue weighted by Crippen LogP contribution is 2.18. The molecule has 0 saturated carbocycles. The molecule has 0 amide bonds. The van der Waals surface area contributed by atoms with E-state index in [0.29, 0.717) is 6.04 Å². The molecule has 1 aromatic rings. The van der Waals surface area contributed by atoms with Crippen LogP contribution in [-0.4, -0.2) is 21.4 Å². The van der Waals surface area contributed by atoms with Crippen LogP contribution in [0.5, 0.6) is 0 Å². The first-order chi connectivity index (χ1) is 8.51. The van der Waals surface area contributed by atoms with Gasteiger partial charge in [0.05, 0.1) is 16.7 Å². The van der Waals surface area contributed by atoms with Crippen LogP contribution in [0.1, 0.15) is 40.0 Å². The molecule has 0 aliphatic carbocycles. The molecular weight excluding hydrogens is 292 g/mol. The fourth-order valence-corrected chi connectivity index (χ4v) is 2.40. The van der Waals surface area contributed by atoms with Crippen molar-refractivity contribution in [2.24, 2.45) is 0 Å². The minimum absolute atomic E-state index is 0.323. The van der Waals surface area contributed by atoms with Gasteiger partial charge in [0.1, 0.15) is 5.54 Å². The summed E-state index contributed by atoms with van der Waals surface area (Å²) in [5, 5.41) is 17.0. The van der Waals surface area contributed by atoms with Crippen LogP contribution < -0.4 is 5.32 Å². The van der Waals surface area contributed by atoms with E-state index in [1.54, 1.807) is 6.20 Å². The molecule has 1 heterocycles. The lowest BCUT2D eigenvalue weighted by atomic mass is 9.91. The maximum atomic E-state index is 9.38. The number of rotatable bonds is 7. The monoisotopic (exact) mass is 312 g/mol. The van der Waals surface area contributed by atoms with Gasteiger partial charge in [-0.15, -0.1) is 0 Å². The fraction of sp³-hybridized carbons (Fsp3) is 0.692. The first-order valence-electron chi connectivity index (χ1n) is 6.38. The van der Waals surface area contributed by atoms with Gasteiger partial charge in [-0.1, -0.05) is 6.92 Å². The van der Waals surface area contributed by atoms with Gasteiger partial charge in [0.15, 0.2) is 0 Å². The maximum Gasteiger partial charge on any atom is 0.106 e. The van der Waals surface area contributed by atoms with E-state index in [0.717, 1.165) is 30.3 Å². The van der Waals surface area contributed by atoms with Crippen molar-refractivity contribution in [3.05, 3.63) is 16.9 Å². The predicted octanol–water partition coefficient (Wildman–Crippen LogP) is 3.10. The van der Waals surface area contributed by atoms with Gasteiger partial charge in [-0.05, 0) is 49.0 Å². The SMILES string of the molecule is CCC(C#N)(CCCn1cc(Br)cn1)NC(C)C. The van der Waals surface area contributed by atoms with Crippen LogP contribution in [0.3, 0.4) is 0 Å². The number of hydrogen-bond acceptors (Lipinski definition) is 3. The number of aromatic nitrogens is 2. The Morgan fingerprint density at radius 2 is 2.33 bits per heavy atom. The summed E-state index contributed by atoms with van der Waals surface area (Å²) < 4.78 is 2.89. The van der Waals surface area contributed by atoms with E-state index < -0.39 is 5.54 Å². The van der Waals surface area contributed by atoms with Gasteiger partial charge in [0, 0.05) is 18.8 Å². The molecule has 5 heteroatoms. The van der Waals surface area contributed by atoms with Crippen molar-refractivity contribution in [2.45, 2.75) is 58.2 Å². The molecule has 100 valence electrons. The van der Waals surface area contributed by atoms with Crippen LogP contribution in [0.15, 0.2) is 16.9 Å². The molecule has 1 atom stereocenters. The zero-order valence-electron chi connectivity index (χ0n) is 11.3. The van der Waals surface area contributed by atoms with E-state index in [2.05, 4.69) is 53.2 Å². The van der Waals surface area contributed by atoms with Crippen molar-refractivity contribution in [2.75, 3.05) is 0 Å². The first-order valence-corrected chi connectivity index (χ1v) is 7.17. The van der Waals surface area contributed by atoms with Crippen LogP contribution in [-0.2, 0) is 6.54 Å². The van der Waals surface area contributed by atoms with E-state index >= 15 is 0 Å². The van der Waals surface area contributed by atoms with Crippen LogP contribution in [0.2, 0.25) is 0 Å². The molecule has 1 aromatic heterocycles. The van der Waals surface area contributed by atoms with E-state index in [1.807, 2.05) is 10.9 Å². The van der Waals surface area contributed by atoms with Crippen LogP contribution in [0.25, 0.3) is 0 Å². The molecular formula is C13H21BrN4. The lowest BCUT2D eigenvalue weighted by Crippen LogP contribution is -2.47. The van der Waals surface area contributed by atoms with Crippen molar-refractivity contribution < 1.29 is 0 Å².